The number of carbonyl (C=O) groups excluding carboxylic acids is 1. The van der Waals surface area contributed by atoms with Crippen molar-refractivity contribution in [2.24, 2.45) is 0 Å². The highest BCUT2D eigenvalue weighted by atomic mass is 32.2. The second-order valence-corrected chi connectivity index (χ2v) is 7.13. The normalized spacial score (nSPS) is 11.1. The molecule has 0 radical (unpaired) electrons. The summed E-state index contributed by atoms with van der Waals surface area (Å²) in [6.45, 7) is 6.43. The summed E-state index contributed by atoms with van der Waals surface area (Å²) in [7, 11) is 3.44. The summed E-state index contributed by atoms with van der Waals surface area (Å²) in [5.41, 5.74) is 1.000. The van der Waals surface area contributed by atoms with E-state index in [2.05, 4.69) is 4.98 Å². The van der Waals surface area contributed by atoms with Gasteiger partial charge in [-0.3, -0.25) is 14.2 Å². The third-order valence-corrected chi connectivity index (χ3v) is 5.46. The second-order valence-electron chi connectivity index (χ2n) is 4.98. The fourth-order valence-corrected chi connectivity index (χ4v) is 4.07. The molecule has 0 aromatic carbocycles. The molecule has 0 spiro atoms. The first-order chi connectivity index (χ1) is 9.86. The molecule has 0 saturated carbocycles. The summed E-state index contributed by atoms with van der Waals surface area (Å²) >= 11 is 2.85. The average Bonchev–Trinajstić information content (AvgIpc) is 2.71. The summed E-state index contributed by atoms with van der Waals surface area (Å²) in [5, 5.41) is 1.33. The zero-order valence-corrected chi connectivity index (χ0v) is 14.5. The molecule has 0 unspecified atom stereocenters. The summed E-state index contributed by atoms with van der Waals surface area (Å²) in [4.78, 5) is 32.3. The lowest BCUT2D eigenvalue weighted by Gasteiger charge is -2.12. The first-order valence-electron chi connectivity index (χ1n) is 6.70. The van der Waals surface area contributed by atoms with Gasteiger partial charge in [-0.15, -0.1) is 11.3 Å². The van der Waals surface area contributed by atoms with E-state index in [1.54, 1.807) is 23.6 Å². The Bertz CT molecular complexity index is 747. The molecule has 21 heavy (non-hydrogen) atoms. The number of thioether (sulfide) groups is 1. The maximum Gasteiger partial charge on any atom is 0.263 e. The van der Waals surface area contributed by atoms with Crippen LogP contribution in [0.3, 0.4) is 0 Å². The third kappa shape index (κ3) is 2.98. The van der Waals surface area contributed by atoms with Crippen LogP contribution in [0, 0.1) is 13.8 Å². The predicted octanol–water partition coefficient (Wildman–Crippen LogP) is 2.28. The van der Waals surface area contributed by atoms with Crippen molar-refractivity contribution < 1.29 is 4.79 Å². The Morgan fingerprint density at radius 2 is 2.05 bits per heavy atom. The molecule has 2 heterocycles. The number of fused-ring (bicyclic) bond motifs is 1. The molecule has 2 aromatic heterocycles. The zero-order valence-electron chi connectivity index (χ0n) is 12.9. The van der Waals surface area contributed by atoms with Gasteiger partial charge in [-0.05, 0) is 26.3 Å². The minimum atomic E-state index is -0.0100. The summed E-state index contributed by atoms with van der Waals surface area (Å²) in [5.74, 6) is 0.296. The van der Waals surface area contributed by atoms with Gasteiger partial charge in [0, 0.05) is 25.5 Å². The topological polar surface area (TPSA) is 55.2 Å². The lowest BCUT2D eigenvalue weighted by atomic mass is 10.2. The summed E-state index contributed by atoms with van der Waals surface area (Å²) in [6.07, 6.45) is 0. The highest BCUT2D eigenvalue weighted by Crippen LogP contribution is 2.28. The molecule has 0 aliphatic carbocycles. The molecule has 0 fully saturated rings. The van der Waals surface area contributed by atoms with Crippen LogP contribution in [0.25, 0.3) is 10.2 Å². The number of amides is 1. The van der Waals surface area contributed by atoms with Gasteiger partial charge in [0.05, 0.1) is 11.1 Å². The number of aromatic nitrogens is 2. The van der Waals surface area contributed by atoms with E-state index >= 15 is 0 Å². The lowest BCUT2D eigenvalue weighted by Crippen LogP contribution is -2.25. The Kier molecular flexibility index (Phi) is 4.73. The van der Waals surface area contributed by atoms with Gasteiger partial charge in [0.25, 0.3) is 5.56 Å². The largest absolute Gasteiger partial charge is 0.348 e. The maximum absolute atomic E-state index is 12.6. The zero-order chi connectivity index (χ0) is 15.7. The van der Waals surface area contributed by atoms with Crippen LogP contribution in [0.1, 0.15) is 17.4 Å². The fourth-order valence-electron chi connectivity index (χ4n) is 1.95. The van der Waals surface area contributed by atoms with E-state index in [0.29, 0.717) is 17.1 Å². The van der Waals surface area contributed by atoms with Crippen LogP contribution in [-0.4, -0.2) is 40.2 Å². The first-order valence-corrected chi connectivity index (χ1v) is 8.50. The molecule has 0 bridgehead atoms. The number of hydrogen-bond acceptors (Lipinski definition) is 5. The molecule has 114 valence electrons. The molecule has 0 aliphatic rings. The van der Waals surface area contributed by atoms with Crippen molar-refractivity contribution in [3.8, 4) is 0 Å². The Hall–Kier alpha value is -1.34. The van der Waals surface area contributed by atoms with Crippen LogP contribution >= 0.6 is 23.1 Å². The van der Waals surface area contributed by atoms with Crippen LogP contribution < -0.4 is 5.56 Å². The van der Waals surface area contributed by atoms with Crippen molar-refractivity contribution in [2.75, 3.05) is 19.8 Å². The fraction of sp³-hybridized carbons (Fsp3) is 0.500. The molecule has 0 atom stereocenters. The van der Waals surface area contributed by atoms with Gasteiger partial charge in [-0.2, -0.15) is 0 Å². The molecule has 0 saturated heterocycles. The van der Waals surface area contributed by atoms with E-state index in [9.17, 15) is 9.59 Å². The Morgan fingerprint density at radius 1 is 1.38 bits per heavy atom. The number of carbonyl (C=O) groups is 1. The minimum Gasteiger partial charge on any atom is -0.348 e. The molecule has 5 nitrogen and oxygen atoms in total. The van der Waals surface area contributed by atoms with Gasteiger partial charge in [-0.25, -0.2) is 4.98 Å². The molecule has 1 amide bonds. The third-order valence-electron chi connectivity index (χ3n) is 3.39. The average molecular weight is 325 g/mol. The van der Waals surface area contributed by atoms with Crippen LogP contribution in [0.15, 0.2) is 9.95 Å². The van der Waals surface area contributed by atoms with Crippen molar-refractivity contribution in [1.29, 1.82) is 0 Å². The predicted molar refractivity (Wildman–Crippen MR) is 88.4 cm³/mol. The SMILES string of the molecule is CCn1c(SCC(=O)N(C)C)nc2sc(C)c(C)c2c1=O. The Balaban J connectivity index is 2.49. The van der Waals surface area contributed by atoms with Gasteiger partial charge in [0.15, 0.2) is 5.16 Å². The Labute approximate surface area is 132 Å². The molecular weight excluding hydrogens is 306 g/mol. The molecule has 7 heteroatoms. The molecule has 0 N–H and O–H groups in total. The van der Waals surface area contributed by atoms with Crippen molar-refractivity contribution in [3.05, 3.63) is 20.8 Å². The van der Waals surface area contributed by atoms with E-state index in [-0.39, 0.29) is 17.2 Å². The van der Waals surface area contributed by atoms with Crippen molar-refractivity contribution in [2.45, 2.75) is 32.5 Å². The monoisotopic (exact) mass is 325 g/mol. The Morgan fingerprint density at radius 3 is 2.62 bits per heavy atom. The van der Waals surface area contributed by atoms with E-state index in [4.69, 9.17) is 0 Å². The number of aryl methyl sites for hydroxylation is 2. The van der Waals surface area contributed by atoms with Crippen LogP contribution in [0.2, 0.25) is 0 Å². The maximum atomic E-state index is 12.6. The summed E-state index contributed by atoms with van der Waals surface area (Å²) < 4.78 is 1.65. The number of rotatable bonds is 4. The molecular formula is C14H19N3O2S2. The minimum absolute atomic E-state index is 0.00976. The van der Waals surface area contributed by atoms with E-state index < -0.39 is 0 Å². The van der Waals surface area contributed by atoms with E-state index in [1.807, 2.05) is 20.8 Å². The van der Waals surface area contributed by atoms with Gasteiger partial charge >= 0.3 is 0 Å². The molecule has 2 rings (SSSR count). The van der Waals surface area contributed by atoms with Gasteiger partial charge in [-0.1, -0.05) is 11.8 Å². The number of thiophene rings is 1. The smallest absolute Gasteiger partial charge is 0.263 e. The molecule has 2 aromatic rings. The quantitative estimate of drug-likeness (QED) is 0.639. The highest BCUT2D eigenvalue weighted by Gasteiger charge is 2.17. The summed E-state index contributed by atoms with van der Waals surface area (Å²) in [6, 6.07) is 0. The molecule has 0 aliphatic heterocycles. The highest BCUT2D eigenvalue weighted by molar-refractivity contribution is 7.99. The lowest BCUT2D eigenvalue weighted by molar-refractivity contribution is -0.125. The standard InChI is InChI=1S/C14H19N3O2S2/c1-6-17-13(19)11-8(2)9(3)21-12(11)15-14(17)20-7-10(18)16(4)5/h6-7H2,1-5H3. The van der Waals surface area contributed by atoms with Gasteiger partial charge in [0.1, 0.15) is 4.83 Å². The second kappa shape index (κ2) is 6.19. The van der Waals surface area contributed by atoms with Gasteiger partial charge < -0.3 is 4.90 Å². The van der Waals surface area contributed by atoms with Gasteiger partial charge in [0.2, 0.25) is 5.91 Å². The van der Waals surface area contributed by atoms with Crippen LogP contribution in [0.5, 0.6) is 0 Å². The van der Waals surface area contributed by atoms with E-state index in [0.717, 1.165) is 15.3 Å². The number of nitrogens with zero attached hydrogens (tertiary/aromatic N) is 3. The van der Waals surface area contributed by atoms with Crippen LogP contribution in [-0.2, 0) is 11.3 Å². The van der Waals surface area contributed by atoms with E-state index in [1.165, 1.54) is 23.1 Å². The van der Waals surface area contributed by atoms with Crippen molar-refractivity contribution in [1.82, 2.24) is 14.5 Å². The van der Waals surface area contributed by atoms with Crippen molar-refractivity contribution >= 4 is 39.2 Å². The first kappa shape index (κ1) is 16.0. The van der Waals surface area contributed by atoms with Crippen molar-refractivity contribution in [3.63, 3.8) is 0 Å². The van der Waals surface area contributed by atoms with Crippen LogP contribution in [0.4, 0.5) is 0 Å². The number of hydrogen-bond donors (Lipinski definition) is 0.